The fourth-order valence-electron chi connectivity index (χ4n) is 4.31. The van der Waals surface area contributed by atoms with E-state index in [4.69, 9.17) is 9.47 Å². The standard InChI is InChI=1S/C30H42O3/c1-10-22(15-13-14-21(4)18-28(31)33-12-3)23-19-24-25(29(5,6)7)16-17-30(8,9)26(24)20-27(23)32-11-2/h13-16,18-20H,10-12,17H2,1-9H3/b14-13+,21-18+,22-15?. The van der Waals surface area contributed by atoms with Gasteiger partial charge in [-0.2, -0.15) is 0 Å². The molecule has 0 saturated heterocycles. The first-order valence-corrected chi connectivity index (χ1v) is 12.2. The average Bonchev–Trinajstić information content (AvgIpc) is 2.71. The van der Waals surface area contributed by atoms with Crippen molar-refractivity contribution in [3.63, 3.8) is 0 Å². The molecule has 0 unspecified atom stereocenters. The first kappa shape index (κ1) is 26.7. The van der Waals surface area contributed by atoms with Crippen molar-refractivity contribution < 1.29 is 14.3 Å². The van der Waals surface area contributed by atoms with Gasteiger partial charge in [0.15, 0.2) is 0 Å². The van der Waals surface area contributed by atoms with Crippen LogP contribution in [0.2, 0.25) is 0 Å². The van der Waals surface area contributed by atoms with Crippen LogP contribution in [-0.4, -0.2) is 19.2 Å². The SMILES string of the molecule is CCOC(=O)/C=C(C)/C=C/C=C(CC)c1cc2c(cc1OCC)C(C)(C)CC=C2C(C)(C)C. The number of allylic oxidation sites excluding steroid dienone is 7. The Hall–Kier alpha value is -2.55. The number of rotatable bonds is 8. The predicted molar refractivity (Wildman–Crippen MR) is 140 cm³/mol. The summed E-state index contributed by atoms with van der Waals surface area (Å²) in [6.07, 6.45) is 11.9. The number of carbonyl (C=O) groups is 1. The van der Waals surface area contributed by atoms with Gasteiger partial charge in [0.05, 0.1) is 13.2 Å². The fraction of sp³-hybridized carbons (Fsp3) is 0.500. The molecule has 0 aliphatic heterocycles. The zero-order valence-corrected chi connectivity index (χ0v) is 22.1. The molecule has 180 valence electrons. The summed E-state index contributed by atoms with van der Waals surface area (Å²) in [5.41, 5.74) is 7.44. The summed E-state index contributed by atoms with van der Waals surface area (Å²) < 4.78 is 11.1. The molecule has 33 heavy (non-hydrogen) atoms. The molecule has 0 radical (unpaired) electrons. The van der Waals surface area contributed by atoms with Gasteiger partial charge in [-0.3, -0.25) is 0 Å². The molecule has 2 rings (SSSR count). The summed E-state index contributed by atoms with van der Waals surface area (Å²) in [5.74, 6) is 0.636. The minimum atomic E-state index is -0.309. The lowest BCUT2D eigenvalue weighted by atomic mass is 9.67. The zero-order valence-electron chi connectivity index (χ0n) is 22.1. The third kappa shape index (κ3) is 6.72. The van der Waals surface area contributed by atoms with Gasteiger partial charge in [-0.1, -0.05) is 65.8 Å². The van der Waals surface area contributed by atoms with Crippen molar-refractivity contribution in [2.24, 2.45) is 5.41 Å². The van der Waals surface area contributed by atoms with E-state index >= 15 is 0 Å². The van der Waals surface area contributed by atoms with Crippen molar-refractivity contribution in [3.8, 4) is 5.75 Å². The molecule has 3 nitrogen and oxygen atoms in total. The first-order chi connectivity index (χ1) is 15.4. The molecular formula is C30H42O3. The van der Waals surface area contributed by atoms with Crippen molar-refractivity contribution in [1.29, 1.82) is 0 Å². The lowest BCUT2D eigenvalue weighted by Crippen LogP contribution is -2.25. The van der Waals surface area contributed by atoms with E-state index in [9.17, 15) is 4.79 Å². The molecule has 0 N–H and O–H groups in total. The van der Waals surface area contributed by atoms with Gasteiger partial charge in [0.1, 0.15) is 5.75 Å². The predicted octanol–water partition coefficient (Wildman–Crippen LogP) is 8.06. The summed E-state index contributed by atoms with van der Waals surface area (Å²) in [6.45, 7) is 20.4. The second kappa shape index (κ2) is 11.0. The van der Waals surface area contributed by atoms with Gasteiger partial charge in [0.2, 0.25) is 0 Å². The quantitative estimate of drug-likeness (QED) is 0.228. The molecule has 1 aliphatic rings. The van der Waals surface area contributed by atoms with E-state index < -0.39 is 0 Å². The van der Waals surface area contributed by atoms with Gasteiger partial charge in [-0.15, -0.1) is 0 Å². The van der Waals surface area contributed by atoms with Crippen LogP contribution in [0.3, 0.4) is 0 Å². The summed E-state index contributed by atoms with van der Waals surface area (Å²) in [4.78, 5) is 11.7. The minimum absolute atomic E-state index is 0.0689. The molecule has 0 bridgehead atoms. The summed E-state index contributed by atoms with van der Waals surface area (Å²) in [5, 5.41) is 0. The highest BCUT2D eigenvalue weighted by Gasteiger charge is 2.33. The van der Waals surface area contributed by atoms with Gasteiger partial charge in [-0.25, -0.2) is 4.79 Å². The lowest BCUT2D eigenvalue weighted by molar-refractivity contribution is -0.137. The molecule has 3 heteroatoms. The Morgan fingerprint density at radius 2 is 1.82 bits per heavy atom. The van der Waals surface area contributed by atoms with Crippen molar-refractivity contribution in [2.45, 2.75) is 80.6 Å². The van der Waals surface area contributed by atoms with Crippen LogP contribution in [-0.2, 0) is 14.9 Å². The van der Waals surface area contributed by atoms with Crippen LogP contribution < -0.4 is 4.74 Å². The van der Waals surface area contributed by atoms with Gasteiger partial charge in [-0.05, 0) is 84.4 Å². The Bertz CT molecular complexity index is 979. The molecule has 0 amide bonds. The van der Waals surface area contributed by atoms with Crippen LogP contribution >= 0.6 is 0 Å². The van der Waals surface area contributed by atoms with E-state index in [-0.39, 0.29) is 16.8 Å². The Morgan fingerprint density at radius 3 is 2.39 bits per heavy atom. The maximum absolute atomic E-state index is 11.7. The molecule has 1 aromatic rings. The Labute approximate surface area is 201 Å². The van der Waals surface area contributed by atoms with Gasteiger partial charge in [0, 0.05) is 11.6 Å². The lowest BCUT2D eigenvalue weighted by Gasteiger charge is -2.37. The fourth-order valence-corrected chi connectivity index (χ4v) is 4.31. The molecule has 0 atom stereocenters. The van der Waals surface area contributed by atoms with Crippen molar-refractivity contribution in [2.75, 3.05) is 13.2 Å². The van der Waals surface area contributed by atoms with Gasteiger partial charge >= 0.3 is 5.97 Å². The smallest absolute Gasteiger partial charge is 0.330 e. The average molecular weight is 451 g/mol. The molecule has 0 spiro atoms. The Morgan fingerprint density at radius 1 is 1.12 bits per heavy atom. The summed E-state index contributed by atoms with van der Waals surface area (Å²) in [6, 6.07) is 4.61. The van der Waals surface area contributed by atoms with E-state index in [2.05, 4.69) is 65.8 Å². The van der Waals surface area contributed by atoms with Crippen LogP contribution in [0.25, 0.3) is 11.1 Å². The van der Waals surface area contributed by atoms with Crippen LogP contribution in [0.5, 0.6) is 5.75 Å². The van der Waals surface area contributed by atoms with E-state index in [0.29, 0.717) is 13.2 Å². The van der Waals surface area contributed by atoms with Crippen LogP contribution in [0, 0.1) is 5.41 Å². The number of esters is 1. The maximum atomic E-state index is 11.7. The van der Waals surface area contributed by atoms with Crippen molar-refractivity contribution >= 4 is 17.1 Å². The number of fused-ring (bicyclic) bond motifs is 1. The highest BCUT2D eigenvalue weighted by Crippen LogP contribution is 2.48. The third-order valence-electron chi connectivity index (χ3n) is 6.08. The largest absolute Gasteiger partial charge is 0.493 e. The van der Waals surface area contributed by atoms with E-state index in [0.717, 1.165) is 29.7 Å². The monoisotopic (exact) mass is 450 g/mol. The number of carbonyl (C=O) groups excluding carboxylic acids is 1. The molecule has 0 heterocycles. The van der Waals surface area contributed by atoms with Crippen LogP contribution in [0.4, 0.5) is 0 Å². The number of hydrogen-bond donors (Lipinski definition) is 0. The zero-order chi connectivity index (χ0) is 24.8. The number of ether oxygens (including phenoxy) is 2. The molecule has 1 aliphatic carbocycles. The maximum Gasteiger partial charge on any atom is 0.330 e. The Kier molecular flexibility index (Phi) is 8.94. The number of hydrogen-bond acceptors (Lipinski definition) is 3. The van der Waals surface area contributed by atoms with E-state index in [1.807, 2.05) is 32.9 Å². The summed E-state index contributed by atoms with van der Waals surface area (Å²) >= 11 is 0. The van der Waals surface area contributed by atoms with Crippen molar-refractivity contribution in [1.82, 2.24) is 0 Å². The van der Waals surface area contributed by atoms with Crippen LogP contribution in [0.15, 0.2) is 48.1 Å². The molecule has 0 aromatic heterocycles. The molecule has 1 aromatic carbocycles. The normalized spacial score (nSPS) is 16.5. The topological polar surface area (TPSA) is 35.5 Å². The molecular weight excluding hydrogens is 408 g/mol. The summed E-state index contributed by atoms with van der Waals surface area (Å²) in [7, 11) is 0. The molecule has 0 fully saturated rings. The van der Waals surface area contributed by atoms with Gasteiger partial charge in [0.25, 0.3) is 0 Å². The minimum Gasteiger partial charge on any atom is -0.493 e. The van der Waals surface area contributed by atoms with E-state index in [1.54, 1.807) is 0 Å². The highest BCUT2D eigenvalue weighted by atomic mass is 16.5. The number of benzene rings is 1. The second-order valence-electron chi connectivity index (χ2n) is 10.3. The highest BCUT2D eigenvalue weighted by molar-refractivity contribution is 5.83. The van der Waals surface area contributed by atoms with E-state index in [1.165, 1.54) is 28.3 Å². The Balaban J connectivity index is 2.58. The molecule has 0 saturated carbocycles. The first-order valence-electron chi connectivity index (χ1n) is 12.2. The van der Waals surface area contributed by atoms with Crippen molar-refractivity contribution in [3.05, 3.63) is 64.8 Å². The third-order valence-corrected chi connectivity index (χ3v) is 6.08. The van der Waals surface area contributed by atoms with Gasteiger partial charge < -0.3 is 9.47 Å². The second-order valence-corrected chi connectivity index (χ2v) is 10.3. The van der Waals surface area contributed by atoms with Crippen LogP contribution in [0.1, 0.15) is 91.8 Å².